The maximum absolute atomic E-state index is 9.89. The van der Waals surface area contributed by atoms with Crippen molar-refractivity contribution in [2.75, 3.05) is 57.4 Å². The molecular weight excluding hydrogens is 280 g/mol. The van der Waals surface area contributed by atoms with Gasteiger partial charge in [0.05, 0.1) is 25.4 Å². The number of hydrogen-bond donors (Lipinski definition) is 1. The van der Waals surface area contributed by atoms with Crippen molar-refractivity contribution in [2.24, 2.45) is 0 Å². The summed E-state index contributed by atoms with van der Waals surface area (Å²) < 4.78 is 5.35. The molecule has 22 heavy (non-hydrogen) atoms. The lowest BCUT2D eigenvalue weighted by molar-refractivity contribution is -0.0247. The maximum atomic E-state index is 9.89. The molecule has 3 aliphatic rings. The minimum atomic E-state index is -0.304. The van der Waals surface area contributed by atoms with Gasteiger partial charge >= 0.3 is 0 Å². The fourth-order valence-corrected chi connectivity index (χ4v) is 3.73. The van der Waals surface area contributed by atoms with Gasteiger partial charge in [0.15, 0.2) is 0 Å². The van der Waals surface area contributed by atoms with Crippen molar-refractivity contribution in [1.29, 1.82) is 0 Å². The summed E-state index contributed by atoms with van der Waals surface area (Å²) in [7, 11) is 0. The van der Waals surface area contributed by atoms with Crippen LogP contribution in [0.1, 0.15) is 0 Å². The molecule has 0 saturated carbocycles. The summed E-state index contributed by atoms with van der Waals surface area (Å²) >= 11 is 0. The summed E-state index contributed by atoms with van der Waals surface area (Å²) in [6.07, 6.45) is 1.56. The van der Waals surface area contributed by atoms with Gasteiger partial charge in [0.25, 0.3) is 0 Å². The Labute approximate surface area is 131 Å². The van der Waals surface area contributed by atoms with E-state index >= 15 is 0 Å². The van der Waals surface area contributed by atoms with Gasteiger partial charge in [0.1, 0.15) is 5.82 Å². The quantitative estimate of drug-likeness (QED) is 0.824. The van der Waals surface area contributed by atoms with Crippen LogP contribution in [0.5, 0.6) is 0 Å². The number of aromatic nitrogens is 1. The topological polar surface area (TPSA) is 52.1 Å². The minimum Gasteiger partial charge on any atom is -0.389 e. The average molecular weight is 304 g/mol. The molecule has 0 aliphatic carbocycles. The number of likely N-dealkylation sites (tertiary alicyclic amines) is 1. The number of ether oxygens (including phenoxy) is 1. The van der Waals surface area contributed by atoms with Crippen molar-refractivity contribution in [3.05, 3.63) is 24.4 Å². The van der Waals surface area contributed by atoms with Gasteiger partial charge in [-0.05, 0) is 12.1 Å². The maximum Gasteiger partial charge on any atom is 0.128 e. The lowest BCUT2D eigenvalue weighted by Gasteiger charge is -2.50. The average Bonchev–Trinajstić information content (AvgIpc) is 2.94. The summed E-state index contributed by atoms with van der Waals surface area (Å²) in [5, 5.41) is 9.89. The molecule has 1 N–H and O–H groups in total. The van der Waals surface area contributed by atoms with Crippen LogP contribution >= 0.6 is 0 Å². The lowest BCUT2D eigenvalue weighted by Crippen LogP contribution is -2.66. The Morgan fingerprint density at radius 2 is 1.86 bits per heavy atom. The van der Waals surface area contributed by atoms with Crippen molar-refractivity contribution in [3.63, 3.8) is 0 Å². The van der Waals surface area contributed by atoms with Crippen LogP contribution in [0.3, 0.4) is 0 Å². The zero-order valence-electron chi connectivity index (χ0n) is 12.8. The highest BCUT2D eigenvalue weighted by Gasteiger charge is 2.41. The van der Waals surface area contributed by atoms with Crippen LogP contribution in [0.25, 0.3) is 0 Å². The number of piperazine rings is 1. The molecule has 1 aromatic heterocycles. The standard InChI is InChI=1S/C16H24N4O2/c21-15-12-22-11-14(15)20-9-13(10-20)18-5-7-19(8-6-18)16-3-1-2-4-17-16/h1-4,13-15,21H,5-12H2. The largest absolute Gasteiger partial charge is 0.389 e. The number of hydrogen-bond acceptors (Lipinski definition) is 6. The van der Waals surface area contributed by atoms with Crippen molar-refractivity contribution in [2.45, 2.75) is 18.2 Å². The molecule has 3 saturated heterocycles. The van der Waals surface area contributed by atoms with E-state index in [1.807, 2.05) is 18.3 Å². The molecule has 120 valence electrons. The van der Waals surface area contributed by atoms with E-state index in [0.717, 1.165) is 45.1 Å². The minimum absolute atomic E-state index is 0.214. The van der Waals surface area contributed by atoms with Crippen molar-refractivity contribution in [1.82, 2.24) is 14.8 Å². The van der Waals surface area contributed by atoms with Crippen molar-refractivity contribution >= 4 is 5.82 Å². The van der Waals surface area contributed by atoms with Crippen molar-refractivity contribution < 1.29 is 9.84 Å². The van der Waals surface area contributed by atoms with Gasteiger partial charge in [0.2, 0.25) is 0 Å². The molecule has 1 aromatic rings. The van der Waals surface area contributed by atoms with Gasteiger partial charge in [0, 0.05) is 51.5 Å². The monoisotopic (exact) mass is 304 g/mol. The first-order chi connectivity index (χ1) is 10.8. The van der Waals surface area contributed by atoms with Crippen LogP contribution in [-0.2, 0) is 4.74 Å². The molecule has 2 atom stereocenters. The lowest BCUT2D eigenvalue weighted by atomic mass is 10.0. The first-order valence-corrected chi connectivity index (χ1v) is 8.21. The predicted octanol–water partition coefficient (Wildman–Crippen LogP) is -0.352. The molecule has 4 heterocycles. The number of aliphatic hydroxyl groups excluding tert-OH is 1. The molecule has 2 unspecified atom stereocenters. The molecule has 0 spiro atoms. The SMILES string of the molecule is OC1COCC1N1CC(N2CCN(c3ccccn3)CC2)C1. The highest BCUT2D eigenvalue weighted by Crippen LogP contribution is 2.24. The summed E-state index contributed by atoms with van der Waals surface area (Å²) in [6, 6.07) is 6.95. The van der Waals surface area contributed by atoms with E-state index in [9.17, 15) is 5.11 Å². The Morgan fingerprint density at radius 3 is 2.50 bits per heavy atom. The third-order valence-electron chi connectivity index (χ3n) is 5.18. The zero-order valence-corrected chi connectivity index (χ0v) is 12.8. The normalized spacial score (nSPS) is 31.4. The van der Waals surface area contributed by atoms with E-state index in [0.29, 0.717) is 19.3 Å². The number of nitrogens with zero attached hydrogens (tertiary/aromatic N) is 4. The van der Waals surface area contributed by atoms with Crippen LogP contribution in [-0.4, -0.2) is 90.6 Å². The summed E-state index contributed by atoms with van der Waals surface area (Å²) in [5.41, 5.74) is 0. The fourth-order valence-electron chi connectivity index (χ4n) is 3.73. The van der Waals surface area contributed by atoms with Gasteiger partial charge in [-0.2, -0.15) is 0 Å². The Hall–Kier alpha value is -1.21. The van der Waals surface area contributed by atoms with Gasteiger partial charge in [-0.25, -0.2) is 4.98 Å². The first-order valence-electron chi connectivity index (χ1n) is 8.21. The Morgan fingerprint density at radius 1 is 1.05 bits per heavy atom. The van der Waals surface area contributed by atoms with E-state index < -0.39 is 0 Å². The second-order valence-electron chi connectivity index (χ2n) is 6.49. The van der Waals surface area contributed by atoms with Crippen LogP contribution in [0.15, 0.2) is 24.4 Å². The van der Waals surface area contributed by atoms with E-state index in [4.69, 9.17) is 4.74 Å². The van der Waals surface area contributed by atoms with Crippen LogP contribution in [0.4, 0.5) is 5.82 Å². The number of pyridine rings is 1. The summed E-state index contributed by atoms with van der Waals surface area (Å²) in [6.45, 7) is 7.59. The highest BCUT2D eigenvalue weighted by molar-refractivity contribution is 5.38. The second-order valence-corrected chi connectivity index (χ2v) is 6.49. The molecule has 0 bridgehead atoms. The van der Waals surface area contributed by atoms with Crippen LogP contribution in [0.2, 0.25) is 0 Å². The van der Waals surface area contributed by atoms with Gasteiger partial charge in [-0.15, -0.1) is 0 Å². The van der Waals surface area contributed by atoms with E-state index in [-0.39, 0.29) is 12.1 Å². The van der Waals surface area contributed by atoms with E-state index in [1.54, 1.807) is 0 Å². The predicted molar refractivity (Wildman–Crippen MR) is 84.0 cm³/mol. The Balaban J connectivity index is 1.25. The summed E-state index contributed by atoms with van der Waals surface area (Å²) in [5.74, 6) is 1.09. The number of aliphatic hydroxyl groups is 1. The molecule has 4 rings (SSSR count). The molecule has 0 amide bonds. The van der Waals surface area contributed by atoms with Crippen LogP contribution in [0, 0.1) is 0 Å². The number of anilines is 1. The highest BCUT2D eigenvalue weighted by atomic mass is 16.5. The molecule has 3 fully saturated rings. The smallest absolute Gasteiger partial charge is 0.128 e. The number of rotatable bonds is 3. The van der Waals surface area contributed by atoms with E-state index in [2.05, 4.69) is 25.8 Å². The van der Waals surface area contributed by atoms with Crippen molar-refractivity contribution in [3.8, 4) is 0 Å². The zero-order chi connectivity index (χ0) is 14.9. The Bertz CT molecular complexity index is 486. The molecule has 3 aliphatic heterocycles. The molecule has 0 radical (unpaired) electrons. The third-order valence-corrected chi connectivity index (χ3v) is 5.18. The Kier molecular flexibility index (Phi) is 4.00. The molecule has 6 nitrogen and oxygen atoms in total. The fraction of sp³-hybridized carbons (Fsp3) is 0.688. The van der Waals surface area contributed by atoms with Gasteiger partial charge in [-0.1, -0.05) is 6.07 Å². The molecule has 0 aromatic carbocycles. The van der Waals surface area contributed by atoms with Gasteiger partial charge in [-0.3, -0.25) is 9.80 Å². The molecule has 6 heteroatoms. The van der Waals surface area contributed by atoms with E-state index in [1.165, 1.54) is 0 Å². The van der Waals surface area contributed by atoms with Crippen LogP contribution < -0.4 is 4.90 Å². The van der Waals surface area contributed by atoms with Gasteiger partial charge < -0.3 is 14.7 Å². The third kappa shape index (κ3) is 2.72. The summed E-state index contributed by atoms with van der Waals surface area (Å²) in [4.78, 5) is 11.7. The second kappa shape index (κ2) is 6.12. The first kappa shape index (κ1) is 14.4. The molecular formula is C16H24N4O2.